The molecule has 0 aliphatic carbocycles. The molecule has 2 heterocycles. The number of carbonyl (C=O) groups is 2. The Morgan fingerprint density at radius 2 is 2.04 bits per heavy atom. The lowest BCUT2D eigenvalue weighted by atomic mass is 10.1. The Kier molecular flexibility index (Phi) is 6.00. The van der Waals surface area contributed by atoms with Crippen LogP contribution in [-0.4, -0.2) is 30.0 Å². The number of aromatic nitrogens is 1. The smallest absolute Gasteiger partial charge is 0.311 e. The number of anilines is 1. The summed E-state index contributed by atoms with van der Waals surface area (Å²) in [4.78, 5) is 30.3. The average Bonchev–Trinajstić information content (AvgIpc) is 3.08. The van der Waals surface area contributed by atoms with Crippen LogP contribution in [0.1, 0.15) is 30.9 Å². The van der Waals surface area contributed by atoms with Gasteiger partial charge in [0.1, 0.15) is 0 Å². The number of nitrogens with zero attached hydrogens (tertiary/aromatic N) is 2. The summed E-state index contributed by atoms with van der Waals surface area (Å²) < 4.78 is 5.38. The normalized spacial score (nSPS) is 16.7. The summed E-state index contributed by atoms with van der Waals surface area (Å²) in [5, 5.41) is 0. The summed E-state index contributed by atoms with van der Waals surface area (Å²) in [5.41, 5.74) is 3.20. The maximum absolute atomic E-state index is 12.3. The molecule has 0 saturated carbocycles. The number of ether oxygens (including phenoxy) is 1. The summed E-state index contributed by atoms with van der Waals surface area (Å²) in [6, 6.07) is 11.8. The van der Waals surface area contributed by atoms with Gasteiger partial charge in [-0.2, -0.15) is 0 Å². The van der Waals surface area contributed by atoms with Crippen molar-refractivity contribution in [3.63, 3.8) is 0 Å². The summed E-state index contributed by atoms with van der Waals surface area (Å²) in [6.07, 6.45) is 6.31. The van der Waals surface area contributed by atoms with E-state index in [1.165, 1.54) is 5.56 Å². The number of esters is 1. The van der Waals surface area contributed by atoms with Crippen molar-refractivity contribution in [2.45, 2.75) is 32.6 Å². The molecule has 1 fully saturated rings. The van der Waals surface area contributed by atoms with E-state index in [1.807, 2.05) is 42.6 Å². The molecule has 3 rings (SSSR count). The largest absolute Gasteiger partial charge is 0.465 e. The molecule has 1 atom stereocenters. The Hall–Kier alpha value is -2.69. The monoisotopic (exact) mass is 352 g/mol. The number of carbonyl (C=O) groups excluding carboxylic acids is 2. The highest BCUT2D eigenvalue weighted by atomic mass is 16.5. The first-order chi connectivity index (χ1) is 12.7. The van der Waals surface area contributed by atoms with Crippen molar-refractivity contribution in [2.24, 2.45) is 5.92 Å². The zero-order chi connectivity index (χ0) is 18.4. The number of pyridine rings is 1. The molecule has 1 aliphatic heterocycles. The van der Waals surface area contributed by atoms with Crippen molar-refractivity contribution in [1.82, 2.24) is 4.98 Å². The van der Waals surface area contributed by atoms with Crippen molar-refractivity contribution < 1.29 is 14.3 Å². The van der Waals surface area contributed by atoms with Gasteiger partial charge in [-0.1, -0.05) is 25.1 Å². The van der Waals surface area contributed by atoms with Gasteiger partial charge in [-0.3, -0.25) is 14.6 Å². The lowest BCUT2D eigenvalue weighted by Crippen LogP contribution is -2.26. The molecule has 1 amide bonds. The lowest BCUT2D eigenvalue weighted by molar-refractivity contribution is -0.148. The standard InChI is InChI=1S/C21H24N2O3/c1-2-16-7-9-19(10-8-16)23-15-18(13-20(23)24)21(25)26-12-4-6-17-5-3-11-22-14-17/h3,5,7-11,14,18H,2,4,6,12-13,15H2,1H3. The fourth-order valence-corrected chi connectivity index (χ4v) is 3.14. The molecule has 0 bridgehead atoms. The number of benzene rings is 1. The quantitative estimate of drug-likeness (QED) is 0.567. The number of hydrogen-bond acceptors (Lipinski definition) is 4. The van der Waals surface area contributed by atoms with E-state index in [1.54, 1.807) is 11.1 Å². The average molecular weight is 352 g/mol. The van der Waals surface area contributed by atoms with Crippen LogP contribution < -0.4 is 4.90 Å². The molecule has 1 unspecified atom stereocenters. The molecule has 2 aromatic rings. The Labute approximate surface area is 154 Å². The van der Waals surface area contributed by atoms with Gasteiger partial charge in [0.05, 0.1) is 12.5 Å². The minimum Gasteiger partial charge on any atom is -0.465 e. The van der Waals surface area contributed by atoms with Gasteiger partial charge in [0.25, 0.3) is 0 Å². The first-order valence-corrected chi connectivity index (χ1v) is 9.12. The van der Waals surface area contributed by atoms with Crippen molar-refractivity contribution in [1.29, 1.82) is 0 Å². The molecule has 136 valence electrons. The first-order valence-electron chi connectivity index (χ1n) is 9.12. The second-order valence-corrected chi connectivity index (χ2v) is 6.56. The third kappa shape index (κ3) is 4.48. The van der Waals surface area contributed by atoms with E-state index < -0.39 is 0 Å². The molecule has 1 saturated heterocycles. The zero-order valence-electron chi connectivity index (χ0n) is 15.1. The van der Waals surface area contributed by atoms with Crippen LogP contribution in [0.2, 0.25) is 0 Å². The van der Waals surface area contributed by atoms with E-state index in [0.717, 1.165) is 30.5 Å². The summed E-state index contributed by atoms with van der Waals surface area (Å²) in [7, 11) is 0. The topological polar surface area (TPSA) is 59.5 Å². The van der Waals surface area contributed by atoms with E-state index in [9.17, 15) is 9.59 Å². The van der Waals surface area contributed by atoms with Crippen LogP contribution in [0.15, 0.2) is 48.8 Å². The fraction of sp³-hybridized carbons (Fsp3) is 0.381. The van der Waals surface area contributed by atoms with Gasteiger partial charge in [-0.25, -0.2) is 0 Å². The maximum atomic E-state index is 12.3. The van der Waals surface area contributed by atoms with Crippen molar-refractivity contribution in [3.8, 4) is 0 Å². The van der Waals surface area contributed by atoms with Crippen LogP contribution in [0.5, 0.6) is 0 Å². The Bertz CT molecular complexity index is 744. The van der Waals surface area contributed by atoms with Crippen LogP contribution in [-0.2, 0) is 27.2 Å². The van der Waals surface area contributed by atoms with E-state index in [2.05, 4.69) is 11.9 Å². The van der Waals surface area contributed by atoms with Gasteiger partial charge in [0, 0.05) is 31.0 Å². The molecule has 1 aliphatic rings. The third-order valence-electron chi connectivity index (χ3n) is 4.69. The predicted molar refractivity (Wildman–Crippen MR) is 99.8 cm³/mol. The summed E-state index contributed by atoms with van der Waals surface area (Å²) in [5.74, 6) is -0.685. The van der Waals surface area contributed by atoms with Crippen molar-refractivity contribution in [3.05, 3.63) is 59.9 Å². The van der Waals surface area contributed by atoms with Crippen molar-refractivity contribution in [2.75, 3.05) is 18.1 Å². The predicted octanol–water partition coefficient (Wildman–Crippen LogP) is 3.17. The molecular weight excluding hydrogens is 328 g/mol. The van der Waals surface area contributed by atoms with Gasteiger partial charge < -0.3 is 9.64 Å². The number of aryl methyl sites for hydroxylation is 2. The van der Waals surface area contributed by atoms with Gasteiger partial charge >= 0.3 is 5.97 Å². The second kappa shape index (κ2) is 8.61. The molecule has 5 nitrogen and oxygen atoms in total. The van der Waals surface area contributed by atoms with E-state index >= 15 is 0 Å². The molecule has 1 aromatic heterocycles. The van der Waals surface area contributed by atoms with E-state index in [0.29, 0.717) is 13.2 Å². The molecule has 0 spiro atoms. The Balaban J connectivity index is 1.47. The minimum atomic E-state index is -0.383. The number of rotatable bonds is 7. The first kappa shape index (κ1) is 18.1. The molecule has 0 N–H and O–H groups in total. The summed E-state index contributed by atoms with van der Waals surface area (Å²) >= 11 is 0. The summed E-state index contributed by atoms with van der Waals surface area (Å²) in [6.45, 7) is 2.85. The van der Waals surface area contributed by atoms with Gasteiger partial charge in [0.2, 0.25) is 5.91 Å². The lowest BCUT2D eigenvalue weighted by Gasteiger charge is -2.17. The molecule has 1 aromatic carbocycles. The highest BCUT2D eigenvalue weighted by Crippen LogP contribution is 2.26. The van der Waals surface area contributed by atoms with Gasteiger partial charge in [0.15, 0.2) is 0 Å². The Morgan fingerprint density at radius 3 is 2.73 bits per heavy atom. The Morgan fingerprint density at radius 1 is 1.23 bits per heavy atom. The van der Waals surface area contributed by atoms with Crippen LogP contribution in [0.25, 0.3) is 0 Å². The highest BCUT2D eigenvalue weighted by molar-refractivity contribution is 5.99. The molecule has 5 heteroatoms. The number of hydrogen-bond donors (Lipinski definition) is 0. The third-order valence-corrected chi connectivity index (χ3v) is 4.69. The van der Waals surface area contributed by atoms with Crippen LogP contribution in [0.4, 0.5) is 5.69 Å². The van der Waals surface area contributed by atoms with E-state index in [4.69, 9.17) is 4.74 Å². The SMILES string of the molecule is CCc1ccc(N2CC(C(=O)OCCCc3cccnc3)CC2=O)cc1. The molecule has 26 heavy (non-hydrogen) atoms. The molecule has 0 radical (unpaired) electrons. The van der Waals surface area contributed by atoms with Crippen LogP contribution in [0.3, 0.4) is 0 Å². The van der Waals surface area contributed by atoms with Crippen LogP contribution in [0, 0.1) is 5.92 Å². The highest BCUT2D eigenvalue weighted by Gasteiger charge is 2.36. The zero-order valence-corrected chi connectivity index (χ0v) is 15.1. The van der Waals surface area contributed by atoms with Gasteiger partial charge in [-0.15, -0.1) is 0 Å². The maximum Gasteiger partial charge on any atom is 0.311 e. The second-order valence-electron chi connectivity index (χ2n) is 6.56. The molecular formula is C21H24N2O3. The minimum absolute atomic E-state index is 0.0217. The van der Waals surface area contributed by atoms with Crippen LogP contribution >= 0.6 is 0 Å². The van der Waals surface area contributed by atoms with Gasteiger partial charge in [-0.05, 0) is 48.6 Å². The fourth-order valence-electron chi connectivity index (χ4n) is 3.14. The number of amides is 1. The van der Waals surface area contributed by atoms with E-state index in [-0.39, 0.29) is 24.2 Å². The van der Waals surface area contributed by atoms with Crippen molar-refractivity contribution >= 4 is 17.6 Å².